The highest BCUT2D eigenvalue weighted by molar-refractivity contribution is 5.83. The molecule has 36 heavy (non-hydrogen) atoms. The van der Waals surface area contributed by atoms with Crippen LogP contribution < -0.4 is 5.56 Å². The fraction of sp³-hybridized carbons (Fsp3) is 0.185. The molecule has 0 aliphatic heterocycles. The molecule has 8 nitrogen and oxygen atoms in total. The number of hydrogen-bond donors (Lipinski definition) is 0. The van der Waals surface area contributed by atoms with Gasteiger partial charge in [0.2, 0.25) is 0 Å². The molecule has 0 atom stereocenters. The Labute approximate surface area is 206 Å². The second kappa shape index (κ2) is 9.99. The molecule has 0 fully saturated rings. The number of Topliss-reactive ketones (excluding diaryl/α,β-unsaturated/α-hetero) is 1. The largest absolute Gasteiger partial charge is 0.300 e. The Morgan fingerprint density at radius 3 is 2.61 bits per heavy atom. The Morgan fingerprint density at radius 1 is 1.03 bits per heavy atom. The Hall–Kier alpha value is -4.53. The first-order valence-electron chi connectivity index (χ1n) is 11.6. The Balaban J connectivity index is 1.56. The second-order valence-electron chi connectivity index (χ2n) is 8.55. The van der Waals surface area contributed by atoms with Crippen molar-refractivity contribution in [2.45, 2.75) is 32.6 Å². The lowest BCUT2D eigenvalue weighted by molar-refractivity contribution is -0.117. The molecule has 0 amide bonds. The summed E-state index contributed by atoms with van der Waals surface area (Å²) >= 11 is 0. The summed E-state index contributed by atoms with van der Waals surface area (Å²) in [6.45, 7) is 1.56. The van der Waals surface area contributed by atoms with E-state index < -0.39 is 0 Å². The molecule has 0 bridgehead atoms. The lowest BCUT2D eigenvalue weighted by Crippen LogP contribution is -2.24. The highest BCUT2D eigenvalue weighted by atomic mass is 19.1. The molecule has 9 heteroatoms. The number of ketones is 1. The minimum absolute atomic E-state index is 0.126. The van der Waals surface area contributed by atoms with Crippen LogP contribution in [0.4, 0.5) is 4.39 Å². The third-order valence-corrected chi connectivity index (χ3v) is 5.90. The summed E-state index contributed by atoms with van der Waals surface area (Å²) in [5.41, 5.74) is 3.03. The number of aryl methyl sites for hydroxylation is 1. The van der Waals surface area contributed by atoms with Crippen molar-refractivity contribution in [2.75, 3.05) is 0 Å². The van der Waals surface area contributed by atoms with E-state index in [0.29, 0.717) is 53.8 Å². The van der Waals surface area contributed by atoms with Gasteiger partial charge >= 0.3 is 0 Å². The van der Waals surface area contributed by atoms with Gasteiger partial charge in [0.1, 0.15) is 23.1 Å². The van der Waals surface area contributed by atoms with Gasteiger partial charge in [-0.2, -0.15) is 0 Å². The van der Waals surface area contributed by atoms with Crippen LogP contribution in [0.5, 0.6) is 0 Å². The Bertz CT molecular complexity index is 1590. The number of nitrogens with zero attached hydrogens (tertiary/aromatic N) is 6. The predicted molar refractivity (Wildman–Crippen MR) is 134 cm³/mol. The van der Waals surface area contributed by atoms with Crippen molar-refractivity contribution in [3.8, 4) is 22.6 Å². The summed E-state index contributed by atoms with van der Waals surface area (Å²) in [5, 5.41) is 8.90. The van der Waals surface area contributed by atoms with Crippen LogP contribution in [0.2, 0.25) is 0 Å². The van der Waals surface area contributed by atoms with E-state index in [-0.39, 0.29) is 17.2 Å². The minimum atomic E-state index is -0.382. The van der Waals surface area contributed by atoms with Gasteiger partial charge in [0.15, 0.2) is 0 Å². The predicted octanol–water partition coefficient (Wildman–Crippen LogP) is 4.47. The van der Waals surface area contributed by atoms with Crippen LogP contribution in [0.25, 0.3) is 33.5 Å². The quantitative estimate of drug-likeness (QED) is 0.303. The molecule has 5 aromatic rings. The standard InChI is InChI=1S/C27H23FN6O2/c1-18(35)5-2-3-7-26-30-24-15-19(25-17-33(32-31-25)22-6-4-14-29-16-22)8-13-23(24)27(36)34(26)21-11-9-20(28)10-12-21/h4,6,8-17H,2-3,5,7H2,1H3. The molecular formula is C27H23FN6O2. The summed E-state index contributed by atoms with van der Waals surface area (Å²) in [6, 6.07) is 14.8. The van der Waals surface area contributed by atoms with Crippen LogP contribution in [-0.2, 0) is 11.2 Å². The van der Waals surface area contributed by atoms with Crippen LogP contribution in [0.3, 0.4) is 0 Å². The summed E-state index contributed by atoms with van der Waals surface area (Å²) < 4.78 is 16.7. The van der Waals surface area contributed by atoms with E-state index in [0.717, 1.165) is 11.3 Å². The number of pyridine rings is 1. The van der Waals surface area contributed by atoms with Gasteiger partial charge in [-0.05, 0) is 68.3 Å². The molecule has 0 aliphatic rings. The number of rotatable bonds is 8. The van der Waals surface area contributed by atoms with Gasteiger partial charge in [-0.1, -0.05) is 11.3 Å². The van der Waals surface area contributed by atoms with E-state index in [1.165, 1.54) is 16.7 Å². The third kappa shape index (κ3) is 4.81. The third-order valence-electron chi connectivity index (χ3n) is 5.90. The van der Waals surface area contributed by atoms with Crippen LogP contribution in [-0.4, -0.2) is 35.3 Å². The molecule has 0 N–H and O–H groups in total. The van der Waals surface area contributed by atoms with Gasteiger partial charge < -0.3 is 4.79 Å². The van der Waals surface area contributed by atoms with E-state index in [1.807, 2.05) is 24.3 Å². The van der Waals surface area contributed by atoms with Crippen molar-refractivity contribution in [3.63, 3.8) is 0 Å². The van der Waals surface area contributed by atoms with Gasteiger partial charge in [-0.15, -0.1) is 5.10 Å². The lowest BCUT2D eigenvalue weighted by Gasteiger charge is -2.14. The smallest absolute Gasteiger partial charge is 0.265 e. The molecule has 0 unspecified atom stereocenters. The average Bonchev–Trinajstić information content (AvgIpc) is 3.38. The molecule has 0 saturated carbocycles. The molecular weight excluding hydrogens is 459 g/mol. The summed E-state index contributed by atoms with van der Waals surface area (Å²) in [6.07, 6.45) is 7.54. The van der Waals surface area contributed by atoms with E-state index in [1.54, 1.807) is 48.4 Å². The van der Waals surface area contributed by atoms with Crippen molar-refractivity contribution in [1.82, 2.24) is 29.5 Å². The first kappa shape index (κ1) is 23.2. The fourth-order valence-corrected chi connectivity index (χ4v) is 4.08. The molecule has 180 valence electrons. The van der Waals surface area contributed by atoms with E-state index in [2.05, 4.69) is 15.3 Å². The average molecular weight is 483 g/mol. The lowest BCUT2D eigenvalue weighted by atomic mass is 10.1. The summed E-state index contributed by atoms with van der Waals surface area (Å²) in [4.78, 5) is 33.8. The fourth-order valence-electron chi connectivity index (χ4n) is 4.08. The number of fused-ring (bicyclic) bond motifs is 1. The maximum absolute atomic E-state index is 13.5. The number of hydrogen-bond acceptors (Lipinski definition) is 6. The van der Waals surface area contributed by atoms with Gasteiger partial charge in [-0.25, -0.2) is 14.1 Å². The van der Waals surface area contributed by atoms with Gasteiger partial charge in [0.05, 0.1) is 34.7 Å². The molecule has 3 heterocycles. The topological polar surface area (TPSA) is 95.6 Å². The van der Waals surface area contributed by atoms with Crippen molar-refractivity contribution in [1.29, 1.82) is 0 Å². The van der Waals surface area contributed by atoms with Crippen molar-refractivity contribution >= 4 is 16.7 Å². The van der Waals surface area contributed by atoms with E-state index in [4.69, 9.17) is 4.98 Å². The minimum Gasteiger partial charge on any atom is -0.300 e. The second-order valence-corrected chi connectivity index (χ2v) is 8.55. The molecule has 0 aliphatic carbocycles. The highest BCUT2D eigenvalue weighted by Gasteiger charge is 2.15. The van der Waals surface area contributed by atoms with Crippen molar-refractivity contribution in [3.05, 3.63) is 95.2 Å². The maximum Gasteiger partial charge on any atom is 0.265 e. The number of carbonyl (C=O) groups is 1. The van der Waals surface area contributed by atoms with Gasteiger partial charge in [0, 0.05) is 24.6 Å². The first-order valence-corrected chi connectivity index (χ1v) is 11.6. The van der Waals surface area contributed by atoms with Crippen molar-refractivity contribution in [2.24, 2.45) is 0 Å². The zero-order chi connectivity index (χ0) is 25.1. The van der Waals surface area contributed by atoms with Crippen LogP contribution >= 0.6 is 0 Å². The van der Waals surface area contributed by atoms with Crippen LogP contribution in [0.1, 0.15) is 32.0 Å². The molecule has 0 spiro atoms. The first-order chi connectivity index (χ1) is 17.5. The summed E-state index contributed by atoms with van der Waals surface area (Å²) in [5.74, 6) is 0.299. The Morgan fingerprint density at radius 2 is 1.86 bits per heavy atom. The van der Waals surface area contributed by atoms with Crippen LogP contribution in [0, 0.1) is 5.82 Å². The van der Waals surface area contributed by atoms with E-state index >= 15 is 0 Å². The summed E-state index contributed by atoms with van der Waals surface area (Å²) in [7, 11) is 0. The number of benzene rings is 2. The number of aromatic nitrogens is 6. The molecule has 5 rings (SSSR count). The van der Waals surface area contributed by atoms with Crippen molar-refractivity contribution < 1.29 is 9.18 Å². The maximum atomic E-state index is 13.5. The number of carbonyl (C=O) groups excluding carboxylic acids is 1. The normalized spacial score (nSPS) is 11.2. The number of unbranched alkanes of at least 4 members (excludes halogenated alkanes) is 1. The Kier molecular flexibility index (Phi) is 6.44. The molecule has 0 radical (unpaired) electrons. The van der Waals surface area contributed by atoms with Gasteiger partial charge in [0.25, 0.3) is 5.56 Å². The monoisotopic (exact) mass is 482 g/mol. The van der Waals surface area contributed by atoms with E-state index in [9.17, 15) is 14.0 Å². The SMILES string of the molecule is CC(=O)CCCCc1nc2cc(-c3cn(-c4cccnc4)nn3)ccc2c(=O)n1-c1ccc(F)cc1. The van der Waals surface area contributed by atoms with Crippen LogP contribution in [0.15, 0.2) is 78.0 Å². The zero-order valence-electron chi connectivity index (χ0n) is 19.6. The highest BCUT2D eigenvalue weighted by Crippen LogP contribution is 2.23. The molecule has 3 aromatic heterocycles. The van der Waals surface area contributed by atoms with Gasteiger partial charge in [-0.3, -0.25) is 14.3 Å². The molecule has 2 aromatic carbocycles. The zero-order valence-corrected chi connectivity index (χ0v) is 19.6. The molecule has 0 saturated heterocycles. The number of halogens is 1.